The van der Waals surface area contributed by atoms with E-state index in [-0.39, 0.29) is 5.91 Å². The van der Waals surface area contributed by atoms with Gasteiger partial charge in [-0.15, -0.1) is 11.3 Å². The molecule has 0 saturated heterocycles. The van der Waals surface area contributed by atoms with E-state index in [9.17, 15) is 4.79 Å². The molecule has 2 aromatic heterocycles. The number of hydrazone groups is 1. The Morgan fingerprint density at radius 1 is 1.23 bits per heavy atom. The molecular formula is C17H21N3OS. The molecule has 0 radical (unpaired) electrons. The van der Waals surface area contributed by atoms with Gasteiger partial charge in [-0.2, -0.15) is 5.10 Å². The average Bonchev–Trinajstić information content (AvgIpc) is 3.09. The van der Waals surface area contributed by atoms with Crippen LogP contribution in [-0.2, 0) is 0 Å². The summed E-state index contributed by atoms with van der Waals surface area (Å²) in [6.45, 7) is 2.20. The number of aromatic nitrogens is 1. The summed E-state index contributed by atoms with van der Waals surface area (Å²) in [4.78, 5) is 17.1. The molecular weight excluding hydrogens is 294 g/mol. The van der Waals surface area contributed by atoms with E-state index >= 15 is 0 Å². The van der Waals surface area contributed by atoms with Gasteiger partial charge in [0.1, 0.15) is 0 Å². The van der Waals surface area contributed by atoms with E-state index in [0.717, 1.165) is 23.4 Å². The number of carbonyl (C=O) groups excluding carboxylic acids is 1. The lowest BCUT2D eigenvalue weighted by Gasteiger charge is -2.05. The molecule has 1 N–H and O–H groups in total. The number of pyridine rings is 1. The fourth-order valence-electron chi connectivity index (χ4n) is 2.08. The predicted molar refractivity (Wildman–Crippen MR) is 91.3 cm³/mol. The number of carbonyl (C=O) groups is 1. The SMILES string of the molecule is CCCCCCC(=NNC(=O)c1ccncc1)c1cccs1. The predicted octanol–water partition coefficient (Wildman–Crippen LogP) is 4.25. The lowest BCUT2D eigenvalue weighted by atomic mass is 10.1. The maximum absolute atomic E-state index is 12.1. The monoisotopic (exact) mass is 315 g/mol. The highest BCUT2D eigenvalue weighted by atomic mass is 32.1. The summed E-state index contributed by atoms with van der Waals surface area (Å²) in [5.74, 6) is -0.204. The van der Waals surface area contributed by atoms with E-state index < -0.39 is 0 Å². The molecule has 2 rings (SSSR count). The number of hydrogen-bond acceptors (Lipinski definition) is 4. The Morgan fingerprint density at radius 2 is 2.05 bits per heavy atom. The number of nitrogens with zero attached hydrogens (tertiary/aromatic N) is 2. The van der Waals surface area contributed by atoms with Gasteiger partial charge in [0.15, 0.2) is 0 Å². The van der Waals surface area contributed by atoms with Crippen LogP contribution in [0.2, 0.25) is 0 Å². The molecule has 0 aliphatic heterocycles. The first-order valence-electron chi connectivity index (χ1n) is 7.62. The third-order valence-electron chi connectivity index (χ3n) is 3.31. The van der Waals surface area contributed by atoms with E-state index in [4.69, 9.17) is 0 Å². The second-order valence-electron chi connectivity index (χ2n) is 5.02. The summed E-state index contributed by atoms with van der Waals surface area (Å²) in [6, 6.07) is 7.40. The van der Waals surface area contributed by atoms with Gasteiger partial charge in [0.05, 0.1) is 10.6 Å². The Labute approximate surface area is 135 Å². The maximum Gasteiger partial charge on any atom is 0.271 e. The second-order valence-corrected chi connectivity index (χ2v) is 5.97. The summed E-state index contributed by atoms with van der Waals surface area (Å²) in [7, 11) is 0. The smallest absolute Gasteiger partial charge is 0.267 e. The molecule has 0 aliphatic rings. The number of thiophene rings is 1. The Hall–Kier alpha value is -2.01. The van der Waals surface area contributed by atoms with Crippen molar-refractivity contribution in [3.05, 3.63) is 52.5 Å². The van der Waals surface area contributed by atoms with Gasteiger partial charge in [-0.25, -0.2) is 5.43 Å². The third kappa shape index (κ3) is 5.07. The number of amides is 1. The molecule has 0 saturated carbocycles. The van der Waals surface area contributed by atoms with Crippen molar-refractivity contribution >= 4 is 23.0 Å². The van der Waals surface area contributed by atoms with Crippen molar-refractivity contribution in [2.45, 2.75) is 39.0 Å². The standard InChI is InChI=1S/C17H21N3OS/c1-2-3-4-5-7-15(16-8-6-13-22-16)19-20-17(21)14-9-11-18-12-10-14/h6,8-13H,2-5,7H2,1H3,(H,20,21). The fraction of sp³-hybridized carbons (Fsp3) is 0.353. The van der Waals surface area contributed by atoms with Crippen molar-refractivity contribution < 1.29 is 4.79 Å². The second kappa shape index (κ2) is 9.10. The Morgan fingerprint density at radius 3 is 2.73 bits per heavy atom. The zero-order valence-corrected chi connectivity index (χ0v) is 13.6. The van der Waals surface area contributed by atoms with Crippen molar-refractivity contribution in [3.63, 3.8) is 0 Å². The minimum atomic E-state index is -0.204. The summed E-state index contributed by atoms with van der Waals surface area (Å²) in [5.41, 5.74) is 4.17. The molecule has 1 amide bonds. The summed E-state index contributed by atoms with van der Waals surface area (Å²) in [6.07, 6.45) is 8.82. The van der Waals surface area contributed by atoms with Crippen LogP contribution < -0.4 is 5.43 Å². The van der Waals surface area contributed by atoms with Gasteiger partial charge in [0.2, 0.25) is 0 Å². The van der Waals surface area contributed by atoms with Gasteiger partial charge >= 0.3 is 0 Å². The highest BCUT2D eigenvalue weighted by Gasteiger charge is 2.08. The molecule has 2 aromatic rings. The average molecular weight is 315 g/mol. The largest absolute Gasteiger partial charge is 0.271 e. The van der Waals surface area contributed by atoms with Gasteiger partial charge in [-0.05, 0) is 36.4 Å². The van der Waals surface area contributed by atoms with Crippen molar-refractivity contribution in [2.24, 2.45) is 5.10 Å². The van der Waals surface area contributed by atoms with Gasteiger partial charge < -0.3 is 0 Å². The summed E-state index contributed by atoms with van der Waals surface area (Å²) < 4.78 is 0. The van der Waals surface area contributed by atoms with E-state index in [1.54, 1.807) is 35.9 Å². The molecule has 0 bridgehead atoms. The minimum Gasteiger partial charge on any atom is -0.267 e. The maximum atomic E-state index is 12.1. The number of hydrogen-bond donors (Lipinski definition) is 1. The third-order valence-corrected chi connectivity index (χ3v) is 4.23. The molecule has 22 heavy (non-hydrogen) atoms. The van der Waals surface area contributed by atoms with Gasteiger partial charge in [-0.1, -0.05) is 32.3 Å². The van der Waals surface area contributed by atoms with Gasteiger partial charge in [-0.3, -0.25) is 9.78 Å². The first kappa shape index (κ1) is 16.4. The van der Waals surface area contributed by atoms with E-state index in [2.05, 4.69) is 22.4 Å². The molecule has 0 aliphatic carbocycles. The van der Waals surface area contributed by atoms with Crippen LogP contribution in [0.5, 0.6) is 0 Å². The molecule has 5 heteroatoms. The first-order chi connectivity index (χ1) is 10.8. The van der Waals surface area contributed by atoms with Crippen molar-refractivity contribution in [3.8, 4) is 0 Å². The van der Waals surface area contributed by atoms with Crippen LogP contribution in [0.4, 0.5) is 0 Å². The topological polar surface area (TPSA) is 54.4 Å². The van der Waals surface area contributed by atoms with Crippen molar-refractivity contribution in [1.82, 2.24) is 10.4 Å². The zero-order valence-electron chi connectivity index (χ0n) is 12.8. The molecule has 2 heterocycles. The van der Waals surface area contributed by atoms with Crippen LogP contribution in [0, 0.1) is 0 Å². The molecule has 116 valence electrons. The highest BCUT2D eigenvalue weighted by Crippen LogP contribution is 2.15. The molecule has 0 unspecified atom stereocenters. The summed E-state index contributed by atoms with van der Waals surface area (Å²) in [5, 5.41) is 6.38. The molecule has 0 spiro atoms. The van der Waals surface area contributed by atoms with Crippen molar-refractivity contribution in [1.29, 1.82) is 0 Å². The number of unbranched alkanes of at least 4 members (excludes halogenated alkanes) is 3. The number of nitrogens with one attached hydrogen (secondary N) is 1. The van der Waals surface area contributed by atoms with E-state index in [0.29, 0.717) is 5.56 Å². The van der Waals surface area contributed by atoms with Crippen LogP contribution in [0.1, 0.15) is 54.3 Å². The van der Waals surface area contributed by atoms with Crippen LogP contribution in [0.25, 0.3) is 0 Å². The lowest BCUT2D eigenvalue weighted by molar-refractivity contribution is 0.0954. The molecule has 0 fully saturated rings. The normalized spacial score (nSPS) is 11.4. The molecule has 0 atom stereocenters. The fourth-order valence-corrected chi connectivity index (χ4v) is 2.83. The van der Waals surface area contributed by atoms with E-state index in [1.165, 1.54) is 19.3 Å². The van der Waals surface area contributed by atoms with Gasteiger partial charge in [0.25, 0.3) is 5.91 Å². The Bertz CT molecular complexity index is 594. The lowest BCUT2D eigenvalue weighted by Crippen LogP contribution is -2.20. The number of rotatable bonds is 8. The van der Waals surface area contributed by atoms with Gasteiger partial charge in [0, 0.05) is 18.0 Å². The Kier molecular flexibility index (Phi) is 6.77. The van der Waals surface area contributed by atoms with E-state index in [1.807, 2.05) is 17.5 Å². The molecule has 0 aromatic carbocycles. The summed E-state index contributed by atoms with van der Waals surface area (Å²) >= 11 is 1.65. The zero-order chi connectivity index (χ0) is 15.6. The minimum absolute atomic E-state index is 0.204. The highest BCUT2D eigenvalue weighted by molar-refractivity contribution is 7.12. The molecule has 4 nitrogen and oxygen atoms in total. The van der Waals surface area contributed by atoms with Crippen LogP contribution in [0.3, 0.4) is 0 Å². The van der Waals surface area contributed by atoms with Crippen LogP contribution in [0.15, 0.2) is 47.1 Å². The quantitative estimate of drug-likeness (QED) is 0.450. The van der Waals surface area contributed by atoms with Crippen LogP contribution >= 0.6 is 11.3 Å². The van der Waals surface area contributed by atoms with Crippen molar-refractivity contribution in [2.75, 3.05) is 0 Å². The first-order valence-corrected chi connectivity index (χ1v) is 8.50. The Balaban J connectivity index is 2.00. The van der Waals surface area contributed by atoms with Crippen LogP contribution in [-0.4, -0.2) is 16.6 Å².